The van der Waals surface area contributed by atoms with Gasteiger partial charge < -0.3 is 19.7 Å². The summed E-state index contributed by atoms with van der Waals surface area (Å²) < 4.78 is 10.7. The second kappa shape index (κ2) is 6.34. The molecule has 2 aromatic rings. The number of carboxylic acids is 2. The fourth-order valence-corrected chi connectivity index (χ4v) is 2.53. The standard InChI is InChI=1S/C16H16O6/c1-21-15-9(7-13(17)18)3-6-12-11(15)5-4-10(8-14(19)20)16(12)22-2/h3-6H,7-8H2,1-2H3,(H,17,18)(H,19,20). The molecule has 0 fully saturated rings. The minimum Gasteiger partial charge on any atom is -0.496 e. The zero-order valence-electron chi connectivity index (χ0n) is 12.3. The number of fused-ring (bicyclic) bond motifs is 1. The molecule has 0 saturated carbocycles. The van der Waals surface area contributed by atoms with Crippen molar-refractivity contribution in [2.75, 3.05) is 14.2 Å². The van der Waals surface area contributed by atoms with E-state index in [1.807, 2.05) is 0 Å². The molecule has 0 saturated heterocycles. The van der Waals surface area contributed by atoms with Gasteiger partial charge in [0.2, 0.25) is 0 Å². The average molecular weight is 304 g/mol. The molecule has 6 nitrogen and oxygen atoms in total. The maximum absolute atomic E-state index is 10.9. The molecular weight excluding hydrogens is 288 g/mol. The second-order valence-corrected chi connectivity index (χ2v) is 4.75. The molecule has 2 N–H and O–H groups in total. The SMILES string of the molecule is COc1c(CC(=O)O)ccc2c(OC)c(CC(=O)O)ccc12. The van der Waals surface area contributed by atoms with Crippen LogP contribution in [0.4, 0.5) is 0 Å². The Morgan fingerprint density at radius 2 is 1.18 bits per heavy atom. The van der Waals surface area contributed by atoms with Crippen molar-refractivity contribution in [1.82, 2.24) is 0 Å². The van der Waals surface area contributed by atoms with Crippen molar-refractivity contribution in [3.8, 4) is 11.5 Å². The second-order valence-electron chi connectivity index (χ2n) is 4.75. The zero-order valence-corrected chi connectivity index (χ0v) is 12.3. The van der Waals surface area contributed by atoms with E-state index in [4.69, 9.17) is 19.7 Å². The van der Waals surface area contributed by atoms with Gasteiger partial charge in [0.1, 0.15) is 11.5 Å². The molecule has 0 radical (unpaired) electrons. The van der Waals surface area contributed by atoms with Crippen LogP contribution in [0.1, 0.15) is 11.1 Å². The van der Waals surface area contributed by atoms with Crippen LogP contribution in [0.5, 0.6) is 11.5 Å². The van der Waals surface area contributed by atoms with Crippen LogP contribution in [0.3, 0.4) is 0 Å². The van der Waals surface area contributed by atoms with Gasteiger partial charge in [0.15, 0.2) is 0 Å². The van der Waals surface area contributed by atoms with Crippen molar-refractivity contribution in [2.24, 2.45) is 0 Å². The van der Waals surface area contributed by atoms with Crippen LogP contribution in [0.25, 0.3) is 10.8 Å². The van der Waals surface area contributed by atoms with Gasteiger partial charge >= 0.3 is 11.9 Å². The zero-order chi connectivity index (χ0) is 16.3. The van der Waals surface area contributed by atoms with Gasteiger partial charge in [-0.15, -0.1) is 0 Å². The van der Waals surface area contributed by atoms with Crippen molar-refractivity contribution in [3.05, 3.63) is 35.4 Å². The normalized spacial score (nSPS) is 10.5. The number of benzene rings is 2. The lowest BCUT2D eigenvalue weighted by molar-refractivity contribution is -0.137. The number of aliphatic carboxylic acids is 2. The number of carbonyl (C=O) groups is 2. The van der Waals surface area contributed by atoms with E-state index >= 15 is 0 Å². The summed E-state index contributed by atoms with van der Waals surface area (Å²) >= 11 is 0. The maximum Gasteiger partial charge on any atom is 0.307 e. The lowest BCUT2D eigenvalue weighted by atomic mass is 9.99. The monoisotopic (exact) mass is 304 g/mol. The summed E-state index contributed by atoms with van der Waals surface area (Å²) in [6.07, 6.45) is -0.309. The lowest BCUT2D eigenvalue weighted by Crippen LogP contribution is -2.05. The molecule has 0 aliphatic heterocycles. The minimum absolute atomic E-state index is 0.154. The van der Waals surface area contributed by atoms with E-state index in [-0.39, 0.29) is 12.8 Å². The Hall–Kier alpha value is -2.76. The van der Waals surface area contributed by atoms with Crippen molar-refractivity contribution in [1.29, 1.82) is 0 Å². The van der Waals surface area contributed by atoms with Crippen LogP contribution < -0.4 is 9.47 Å². The van der Waals surface area contributed by atoms with Gasteiger partial charge in [-0.3, -0.25) is 9.59 Å². The summed E-state index contributed by atoms with van der Waals surface area (Å²) in [6.45, 7) is 0. The topological polar surface area (TPSA) is 93.1 Å². The summed E-state index contributed by atoms with van der Waals surface area (Å²) in [5, 5.41) is 19.3. The smallest absolute Gasteiger partial charge is 0.307 e. The van der Waals surface area contributed by atoms with Crippen molar-refractivity contribution in [2.45, 2.75) is 12.8 Å². The van der Waals surface area contributed by atoms with Gasteiger partial charge in [-0.1, -0.05) is 24.3 Å². The number of carboxylic acid groups (broad SMARTS) is 2. The van der Waals surface area contributed by atoms with Crippen LogP contribution in [-0.4, -0.2) is 36.4 Å². The van der Waals surface area contributed by atoms with Gasteiger partial charge in [0, 0.05) is 21.9 Å². The van der Waals surface area contributed by atoms with Crippen LogP contribution in [0.15, 0.2) is 24.3 Å². The largest absolute Gasteiger partial charge is 0.496 e. The summed E-state index contributed by atoms with van der Waals surface area (Å²) in [6, 6.07) is 6.76. The molecule has 0 amide bonds. The van der Waals surface area contributed by atoms with Gasteiger partial charge in [0.25, 0.3) is 0 Å². The molecule has 2 rings (SSSR count). The lowest BCUT2D eigenvalue weighted by Gasteiger charge is -2.15. The van der Waals surface area contributed by atoms with E-state index in [0.717, 1.165) is 0 Å². The van der Waals surface area contributed by atoms with E-state index < -0.39 is 11.9 Å². The predicted molar refractivity (Wildman–Crippen MR) is 79.7 cm³/mol. The first-order chi connectivity index (χ1) is 10.5. The Labute approximate surface area is 126 Å². The third-order valence-corrected chi connectivity index (χ3v) is 3.36. The molecule has 0 aliphatic rings. The third kappa shape index (κ3) is 2.95. The molecule has 0 heterocycles. The molecular formula is C16H16O6. The van der Waals surface area contributed by atoms with Crippen LogP contribution in [-0.2, 0) is 22.4 Å². The van der Waals surface area contributed by atoms with Gasteiger partial charge in [-0.05, 0) is 0 Å². The molecule has 0 atom stereocenters. The first-order valence-corrected chi connectivity index (χ1v) is 6.57. The average Bonchev–Trinajstić information content (AvgIpc) is 2.45. The molecule has 2 aromatic carbocycles. The Kier molecular flexibility index (Phi) is 4.50. The highest BCUT2D eigenvalue weighted by Gasteiger charge is 2.17. The molecule has 22 heavy (non-hydrogen) atoms. The highest BCUT2D eigenvalue weighted by atomic mass is 16.5. The maximum atomic E-state index is 10.9. The summed E-state index contributed by atoms with van der Waals surface area (Å²) in [5.74, 6) is -0.987. The van der Waals surface area contributed by atoms with E-state index in [9.17, 15) is 9.59 Å². The molecule has 0 aliphatic carbocycles. The van der Waals surface area contributed by atoms with E-state index in [0.29, 0.717) is 33.4 Å². The molecule has 0 spiro atoms. The Morgan fingerprint density at radius 3 is 1.45 bits per heavy atom. The third-order valence-electron chi connectivity index (χ3n) is 3.36. The van der Waals surface area contributed by atoms with Crippen molar-refractivity contribution >= 4 is 22.7 Å². The van der Waals surface area contributed by atoms with Gasteiger partial charge in [-0.2, -0.15) is 0 Å². The number of rotatable bonds is 6. The number of ether oxygens (including phenoxy) is 2. The molecule has 0 unspecified atom stereocenters. The molecule has 0 aromatic heterocycles. The Balaban J connectivity index is 2.68. The first kappa shape index (κ1) is 15.6. The van der Waals surface area contributed by atoms with Gasteiger partial charge in [-0.25, -0.2) is 0 Å². The van der Waals surface area contributed by atoms with Crippen LogP contribution in [0.2, 0.25) is 0 Å². The highest BCUT2D eigenvalue weighted by Crippen LogP contribution is 2.37. The number of hydrogen-bond acceptors (Lipinski definition) is 4. The minimum atomic E-state index is -0.952. The fourth-order valence-electron chi connectivity index (χ4n) is 2.53. The summed E-state index contributed by atoms with van der Waals surface area (Å²) in [7, 11) is 2.94. The van der Waals surface area contributed by atoms with E-state index in [2.05, 4.69) is 0 Å². The van der Waals surface area contributed by atoms with E-state index in [1.54, 1.807) is 24.3 Å². The van der Waals surface area contributed by atoms with E-state index in [1.165, 1.54) is 14.2 Å². The fraction of sp³-hybridized carbons (Fsp3) is 0.250. The Bertz CT molecular complexity index is 672. The quantitative estimate of drug-likeness (QED) is 0.849. The first-order valence-electron chi connectivity index (χ1n) is 6.57. The summed E-state index contributed by atoms with van der Waals surface area (Å²) in [4.78, 5) is 21.9. The highest BCUT2D eigenvalue weighted by molar-refractivity contribution is 5.96. The molecule has 116 valence electrons. The van der Waals surface area contributed by atoms with Crippen molar-refractivity contribution < 1.29 is 29.3 Å². The van der Waals surface area contributed by atoms with Gasteiger partial charge in [0.05, 0.1) is 27.1 Å². The molecule has 0 bridgehead atoms. The van der Waals surface area contributed by atoms with Crippen LogP contribution in [0, 0.1) is 0 Å². The Morgan fingerprint density at radius 1 is 0.818 bits per heavy atom. The van der Waals surface area contributed by atoms with Crippen LogP contribution >= 0.6 is 0 Å². The van der Waals surface area contributed by atoms with Crippen molar-refractivity contribution in [3.63, 3.8) is 0 Å². The predicted octanol–water partition coefficient (Wildman–Crippen LogP) is 2.11. The number of hydrogen-bond donors (Lipinski definition) is 2. The molecule has 6 heteroatoms. The summed E-state index contributed by atoms with van der Waals surface area (Å²) in [5.41, 5.74) is 1.10. The number of methoxy groups -OCH3 is 2.